The van der Waals surface area contributed by atoms with E-state index < -0.39 is 12.3 Å². The number of carboxylic acid groups (broad SMARTS) is 1. The van der Waals surface area contributed by atoms with Crippen LogP contribution in [0, 0.1) is 0 Å². The van der Waals surface area contributed by atoms with Crippen LogP contribution in [0.4, 0.5) is 18.3 Å². The van der Waals surface area contributed by atoms with Crippen LogP contribution >= 0.6 is 11.3 Å². The quantitative estimate of drug-likeness (QED) is 0.230. The third-order valence-corrected chi connectivity index (χ3v) is 8.29. The van der Waals surface area contributed by atoms with E-state index in [4.69, 9.17) is 19.0 Å². The van der Waals surface area contributed by atoms with Crippen LogP contribution in [-0.4, -0.2) is 53.9 Å². The van der Waals surface area contributed by atoms with Crippen LogP contribution in [0.5, 0.6) is 11.5 Å². The largest absolute Gasteiger partial charge is 0.573 e. The Labute approximate surface area is 236 Å². The maximum absolute atomic E-state index is 13.0. The number of hydrogen-bond donors (Lipinski definition) is 1. The molecule has 9 nitrogen and oxygen atoms in total. The minimum absolute atomic E-state index is 0.0785. The number of anilines is 1. The molecule has 216 valence electrons. The van der Waals surface area contributed by atoms with Gasteiger partial charge in [0.1, 0.15) is 28.5 Å². The number of halogens is 3. The summed E-state index contributed by atoms with van der Waals surface area (Å²) in [5.74, 6) is -0.115. The van der Waals surface area contributed by atoms with E-state index in [0.717, 1.165) is 22.7 Å². The number of para-hydroxylation sites is 1. The molecule has 1 aliphatic heterocycles. The standard InChI is InChI=1S/C28H26F3N3O6S/c1-37-21-12-16(26(35)36)13-22-24(21)32-27(41-22)34-10-8-17(9-11-34)38-14-19-23(33-40-25(19)15-6-7-15)18-4-2-3-5-20(18)39-28(29,30)31/h2-5,12-13,15,17H,6-11,14H2,1H3,(H,35,36). The molecule has 0 spiro atoms. The Balaban J connectivity index is 1.16. The molecule has 1 saturated carbocycles. The summed E-state index contributed by atoms with van der Waals surface area (Å²) in [5.41, 5.74) is 1.92. The number of nitrogens with zero attached hydrogens (tertiary/aromatic N) is 3. The highest BCUT2D eigenvalue weighted by Crippen LogP contribution is 2.46. The number of hydrogen-bond acceptors (Lipinski definition) is 9. The fourth-order valence-corrected chi connectivity index (χ4v) is 6.11. The van der Waals surface area contributed by atoms with Gasteiger partial charge >= 0.3 is 12.3 Å². The lowest BCUT2D eigenvalue weighted by molar-refractivity contribution is -0.274. The third-order valence-electron chi connectivity index (χ3n) is 7.23. The van der Waals surface area contributed by atoms with E-state index >= 15 is 0 Å². The molecule has 0 unspecified atom stereocenters. The summed E-state index contributed by atoms with van der Waals surface area (Å²) >= 11 is 1.41. The summed E-state index contributed by atoms with van der Waals surface area (Å²) < 4.78 is 61.4. The first-order chi connectivity index (χ1) is 19.7. The molecule has 2 aliphatic rings. The summed E-state index contributed by atoms with van der Waals surface area (Å²) in [7, 11) is 1.49. The van der Waals surface area contributed by atoms with Gasteiger partial charge in [-0.2, -0.15) is 0 Å². The molecule has 2 fully saturated rings. The molecule has 1 aliphatic carbocycles. The summed E-state index contributed by atoms with van der Waals surface area (Å²) in [6.45, 7) is 1.51. The van der Waals surface area contributed by atoms with Crippen molar-refractivity contribution in [2.45, 2.75) is 50.7 Å². The summed E-state index contributed by atoms with van der Waals surface area (Å²) in [6, 6.07) is 8.96. The van der Waals surface area contributed by atoms with Crippen LogP contribution in [0.15, 0.2) is 40.9 Å². The number of carboxylic acids is 1. The predicted octanol–water partition coefficient (Wildman–Crippen LogP) is 6.62. The minimum Gasteiger partial charge on any atom is -0.494 e. The Morgan fingerprint density at radius 3 is 2.59 bits per heavy atom. The van der Waals surface area contributed by atoms with E-state index in [-0.39, 0.29) is 35.5 Å². The van der Waals surface area contributed by atoms with E-state index in [1.165, 1.54) is 42.7 Å². The van der Waals surface area contributed by atoms with Crippen molar-refractivity contribution in [3.63, 3.8) is 0 Å². The van der Waals surface area contributed by atoms with E-state index in [9.17, 15) is 23.1 Å². The Morgan fingerprint density at radius 1 is 1.15 bits per heavy atom. The van der Waals surface area contributed by atoms with Crippen LogP contribution in [0.2, 0.25) is 0 Å². The molecule has 13 heteroatoms. The lowest BCUT2D eigenvalue weighted by atomic mass is 10.0. The van der Waals surface area contributed by atoms with Gasteiger partial charge in [0.15, 0.2) is 5.13 Å². The second-order valence-electron chi connectivity index (χ2n) is 10.0. The number of ether oxygens (including phenoxy) is 3. The van der Waals surface area contributed by atoms with E-state index in [0.29, 0.717) is 54.2 Å². The molecule has 1 saturated heterocycles. The summed E-state index contributed by atoms with van der Waals surface area (Å²) in [5, 5.41) is 14.3. The summed E-state index contributed by atoms with van der Waals surface area (Å²) in [4.78, 5) is 18.3. The van der Waals surface area contributed by atoms with Crippen molar-refractivity contribution in [1.29, 1.82) is 0 Å². The fourth-order valence-electron chi connectivity index (χ4n) is 5.03. The topological polar surface area (TPSA) is 107 Å². The molecule has 0 radical (unpaired) electrons. The van der Waals surface area contributed by atoms with Gasteiger partial charge in [-0.25, -0.2) is 9.78 Å². The Morgan fingerprint density at radius 2 is 1.90 bits per heavy atom. The first-order valence-electron chi connectivity index (χ1n) is 13.1. The highest BCUT2D eigenvalue weighted by molar-refractivity contribution is 7.22. The van der Waals surface area contributed by atoms with Gasteiger partial charge in [0.05, 0.1) is 30.1 Å². The van der Waals surface area contributed by atoms with Crippen molar-refractivity contribution >= 4 is 32.7 Å². The molecule has 41 heavy (non-hydrogen) atoms. The van der Waals surface area contributed by atoms with Crippen molar-refractivity contribution < 1.29 is 41.8 Å². The first kappa shape index (κ1) is 27.3. The van der Waals surface area contributed by atoms with Crippen LogP contribution in [-0.2, 0) is 11.3 Å². The van der Waals surface area contributed by atoms with Crippen molar-refractivity contribution in [3.05, 3.63) is 53.3 Å². The molecule has 1 N–H and O–H groups in total. The van der Waals surface area contributed by atoms with Crippen molar-refractivity contribution in [1.82, 2.24) is 10.1 Å². The molecule has 2 aromatic carbocycles. The molecule has 6 rings (SSSR count). The number of benzene rings is 2. The van der Waals surface area contributed by atoms with Gasteiger partial charge in [0.25, 0.3) is 0 Å². The van der Waals surface area contributed by atoms with E-state index in [2.05, 4.69) is 14.8 Å². The van der Waals surface area contributed by atoms with Crippen LogP contribution in [0.25, 0.3) is 21.5 Å². The number of thiazole rings is 1. The highest BCUT2D eigenvalue weighted by atomic mass is 32.1. The molecule has 0 atom stereocenters. The Bertz CT molecular complexity index is 1570. The van der Waals surface area contributed by atoms with Crippen LogP contribution in [0.3, 0.4) is 0 Å². The minimum atomic E-state index is -4.84. The van der Waals surface area contributed by atoms with Crippen molar-refractivity contribution in [2.75, 3.05) is 25.1 Å². The first-order valence-corrected chi connectivity index (χ1v) is 13.9. The number of aromatic nitrogens is 2. The molecular formula is C28H26F3N3O6S. The van der Waals surface area contributed by atoms with Gasteiger partial charge in [0, 0.05) is 30.1 Å². The van der Waals surface area contributed by atoms with Crippen molar-refractivity contribution in [3.8, 4) is 22.8 Å². The van der Waals surface area contributed by atoms with E-state index in [1.807, 2.05) is 0 Å². The average Bonchev–Trinajstić information content (AvgIpc) is 3.55. The second-order valence-corrected chi connectivity index (χ2v) is 11.0. The number of aromatic carboxylic acids is 1. The average molecular weight is 590 g/mol. The Hall–Kier alpha value is -3.84. The zero-order chi connectivity index (χ0) is 28.7. The van der Waals surface area contributed by atoms with Gasteiger partial charge in [-0.3, -0.25) is 0 Å². The van der Waals surface area contributed by atoms with Gasteiger partial charge < -0.3 is 28.7 Å². The number of piperidine rings is 1. The number of methoxy groups -OCH3 is 1. The summed E-state index contributed by atoms with van der Waals surface area (Å²) in [6.07, 6.45) is -1.63. The van der Waals surface area contributed by atoms with Crippen LogP contribution in [0.1, 0.15) is 53.3 Å². The molecule has 4 aromatic rings. The number of carbonyl (C=O) groups is 1. The maximum atomic E-state index is 13.0. The molecule has 2 aromatic heterocycles. The monoisotopic (exact) mass is 589 g/mol. The lowest BCUT2D eigenvalue weighted by Gasteiger charge is -2.31. The zero-order valence-electron chi connectivity index (χ0n) is 21.9. The fraction of sp³-hybridized carbons (Fsp3) is 0.393. The van der Waals surface area contributed by atoms with Gasteiger partial charge in [-0.05, 0) is 49.9 Å². The second kappa shape index (κ2) is 10.9. The smallest absolute Gasteiger partial charge is 0.494 e. The Kier molecular flexibility index (Phi) is 7.24. The number of alkyl halides is 3. The van der Waals surface area contributed by atoms with Gasteiger partial charge in [-0.1, -0.05) is 28.6 Å². The maximum Gasteiger partial charge on any atom is 0.573 e. The van der Waals surface area contributed by atoms with Crippen LogP contribution < -0.4 is 14.4 Å². The number of fused-ring (bicyclic) bond motifs is 1. The normalized spacial score (nSPS) is 16.3. The van der Waals surface area contributed by atoms with Gasteiger partial charge in [0.2, 0.25) is 0 Å². The number of rotatable bonds is 9. The molecule has 0 amide bonds. The SMILES string of the molecule is COc1cc(C(=O)O)cc2sc(N3CCC(OCc4c(-c5ccccc5OC(F)(F)F)noc4C4CC4)CC3)nc12. The zero-order valence-corrected chi connectivity index (χ0v) is 22.8. The lowest BCUT2D eigenvalue weighted by Crippen LogP contribution is -2.37. The van der Waals surface area contributed by atoms with Crippen molar-refractivity contribution in [2.24, 2.45) is 0 Å². The highest BCUT2D eigenvalue weighted by Gasteiger charge is 2.36. The van der Waals surface area contributed by atoms with Gasteiger partial charge in [-0.15, -0.1) is 13.2 Å². The molecule has 0 bridgehead atoms. The molecule has 3 heterocycles. The molecular weight excluding hydrogens is 563 g/mol. The van der Waals surface area contributed by atoms with E-state index in [1.54, 1.807) is 12.1 Å². The predicted molar refractivity (Wildman–Crippen MR) is 144 cm³/mol. The third kappa shape index (κ3) is 5.82.